The minimum Gasteiger partial charge on any atom is -0.250 e. The average molecular weight is 179 g/mol. The maximum absolute atomic E-state index is 4.33. The normalized spacial score (nSPS) is 10.8. The fourth-order valence-electron chi connectivity index (χ4n) is 1.05. The lowest BCUT2D eigenvalue weighted by atomic mass is 10.1. The van der Waals surface area contributed by atoms with Crippen molar-refractivity contribution >= 4 is 23.0 Å². The van der Waals surface area contributed by atoms with Gasteiger partial charge in [-0.1, -0.05) is 25.1 Å². The van der Waals surface area contributed by atoms with E-state index < -0.39 is 0 Å². The molecule has 0 bridgehead atoms. The molecule has 0 spiro atoms. The maximum atomic E-state index is 4.33. The van der Waals surface area contributed by atoms with Crippen molar-refractivity contribution in [1.29, 1.82) is 0 Å². The molecule has 0 saturated heterocycles. The second kappa shape index (κ2) is 4.99. The fraction of sp³-hybridized carbons (Fsp3) is 0.300. The van der Waals surface area contributed by atoms with Crippen LogP contribution >= 0.6 is 11.8 Å². The van der Waals surface area contributed by atoms with Crippen LogP contribution in [0.5, 0.6) is 0 Å². The zero-order valence-corrected chi connectivity index (χ0v) is 8.27. The topological polar surface area (TPSA) is 12.4 Å². The number of benzene rings is 1. The Morgan fingerprint density at radius 2 is 2.17 bits per heavy atom. The molecule has 0 aliphatic heterocycles. The van der Waals surface area contributed by atoms with E-state index in [4.69, 9.17) is 0 Å². The molecular weight excluding hydrogens is 166 g/mol. The lowest BCUT2D eigenvalue weighted by Gasteiger charge is -2.00. The highest BCUT2D eigenvalue weighted by Crippen LogP contribution is 2.18. The number of nitrogens with zero attached hydrogens (tertiary/aromatic N) is 1. The van der Waals surface area contributed by atoms with Crippen molar-refractivity contribution in [3.63, 3.8) is 0 Å². The van der Waals surface area contributed by atoms with Gasteiger partial charge in [0.2, 0.25) is 0 Å². The molecule has 1 rings (SSSR count). The van der Waals surface area contributed by atoms with Gasteiger partial charge < -0.3 is 0 Å². The summed E-state index contributed by atoms with van der Waals surface area (Å²) in [5.41, 5.74) is 4.27. The van der Waals surface area contributed by atoms with Crippen molar-refractivity contribution in [2.75, 3.05) is 6.26 Å². The minimum absolute atomic E-state index is 1.04. The van der Waals surface area contributed by atoms with E-state index in [0.717, 1.165) is 12.1 Å². The first kappa shape index (κ1) is 9.33. The van der Waals surface area contributed by atoms with Gasteiger partial charge in [-0.2, -0.15) is 0 Å². The van der Waals surface area contributed by atoms with Crippen LogP contribution in [0, 0.1) is 0 Å². The van der Waals surface area contributed by atoms with Gasteiger partial charge >= 0.3 is 0 Å². The first-order chi connectivity index (χ1) is 5.88. The Bertz CT molecular complexity index is 268. The molecule has 64 valence electrons. The Labute approximate surface area is 77.9 Å². The number of rotatable bonds is 3. The van der Waals surface area contributed by atoms with Crippen molar-refractivity contribution in [2.45, 2.75) is 13.3 Å². The number of para-hydroxylation sites is 1. The van der Waals surface area contributed by atoms with E-state index in [1.54, 1.807) is 11.8 Å². The summed E-state index contributed by atoms with van der Waals surface area (Å²) in [6, 6.07) is 8.24. The summed E-state index contributed by atoms with van der Waals surface area (Å²) < 4.78 is 0. The molecule has 2 heteroatoms. The van der Waals surface area contributed by atoms with Crippen molar-refractivity contribution in [1.82, 2.24) is 0 Å². The second-order valence-electron chi connectivity index (χ2n) is 2.45. The summed E-state index contributed by atoms with van der Waals surface area (Å²) in [5, 5.41) is 0. The van der Waals surface area contributed by atoms with E-state index in [-0.39, 0.29) is 0 Å². The lowest BCUT2D eigenvalue weighted by molar-refractivity contribution is 1.13. The van der Waals surface area contributed by atoms with E-state index in [2.05, 4.69) is 24.0 Å². The van der Waals surface area contributed by atoms with E-state index in [9.17, 15) is 0 Å². The summed E-state index contributed by atoms with van der Waals surface area (Å²) in [6.07, 6.45) is 3.06. The van der Waals surface area contributed by atoms with Gasteiger partial charge in [-0.05, 0) is 24.3 Å². The Balaban J connectivity index is 2.89. The molecule has 0 aromatic heterocycles. The molecule has 0 heterocycles. The summed E-state index contributed by atoms with van der Waals surface area (Å²) in [5.74, 6) is 0. The van der Waals surface area contributed by atoms with Crippen LogP contribution in [-0.4, -0.2) is 11.8 Å². The van der Waals surface area contributed by atoms with Gasteiger partial charge in [0.05, 0.1) is 11.2 Å². The zero-order valence-electron chi connectivity index (χ0n) is 7.45. The predicted molar refractivity (Wildman–Crippen MR) is 57.5 cm³/mol. The van der Waals surface area contributed by atoms with Gasteiger partial charge in [-0.3, -0.25) is 0 Å². The van der Waals surface area contributed by atoms with Crippen molar-refractivity contribution in [3.05, 3.63) is 29.8 Å². The van der Waals surface area contributed by atoms with Crippen LogP contribution in [-0.2, 0) is 6.42 Å². The third kappa shape index (κ3) is 2.38. The van der Waals surface area contributed by atoms with Crippen LogP contribution in [0.3, 0.4) is 0 Å². The Kier molecular flexibility index (Phi) is 3.88. The van der Waals surface area contributed by atoms with Gasteiger partial charge in [0.1, 0.15) is 0 Å². The number of thioether (sulfide) groups is 1. The SMILES string of the molecule is CCc1ccccc1N=CSC. The van der Waals surface area contributed by atoms with Crippen LogP contribution in [0.25, 0.3) is 0 Å². The molecule has 0 radical (unpaired) electrons. The molecule has 1 nitrogen and oxygen atoms in total. The van der Waals surface area contributed by atoms with E-state index in [1.807, 2.05) is 23.9 Å². The molecular formula is C10H13NS. The van der Waals surface area contributed by atoms with Crippen LogP contribution < -0.4 is 0 Å². The molecule has 0 saturated carbocycles. The van der Waals surface area contributed by atoms with Gasteiger partial charge in [0, 0.05) is 0 Å². The van der Waals surface area contributed by atoms with Crippen molar-refractivity contribution in [3.8, 4) is 0 Å². The Morgan fingerprint density at radius 3 is 2.83 bits per heavy atom. The molecule has 1 aromatic carbocycles. The van der Waals surface area contributed by atoms with Gasteiger partial charge in [-0.15, -0.1) is 11.8 Å². The maximum Gasteiger partial charge on any atom is 0.0667 e. The average Bonchev–Trinajstić information content (AvgIpc) is 2.15. The van der Waals surface area contributed by atoms with Crippen molar-refractivity contribution in [2.24, 2.45) is 4.99 Å². The largest absolute Gasteiger partial charge is 0.250 e. The van der Waals surface area contributed by atoms with Gasteiger partial charge in [-0.25, -0.2) is 4.99 Å². The number of hydrogen-bond acceptors (Lipinski definition) is 2. The minimum atomic E-state index is 1.04. The Hall–Kier alpha value is -0.760. The molecule has 0 N–H and O–H groups in total. The van der Waals surface area contributed by atoms with Crippen molar-refractivity contribution < 1.29 is 0 Å². The molecule has 0 amide bonds. The van der Waals surface area contributed by atoms with E-state index >= 15 is 0 Å². The molecule has 1 aromatic rings. The molecule has 0 unspecified atom stereocenters. The molecule has 0 fully saturated rings. The summed E-state index contributed by atoms with van der Waals surface area (Å²) >= 11 is 1.62. The van der Waals surface area contributed by atoms with E-state index in [1.165, 1.54) is 5.56 Å². The van der Waals surface area contributed by atoms with Gasteiger partial charge in [0.25, 0.3) is 0 Å². The highest BCUT2D eigenvalue weighted by molar-refractivity contribution is 8.11. The first-order valence-electron chi connectivity index (χ1n) is 4.01. The fourth-order valence-corrected chi connectivity index (χ4v) is 1.26. The quantitative estimate of drug-likeness (QED) is 0.512. The molecule has 0 aliphatic rings. The van der Waals surface area contributed by atoms with Crippen LogP contribution in [0.1, 0.15) is 12.5 Å². The summed E-state index contributed by atoms with van der Waals surface area (Å²) in [4.78, 5) is 4.33. The number of aliphatic imine (C=N–C) groups is 1. The predicted octanol–water partition coefficient (Wildman–Crippen LogP) is 3.27. The summed E-state index contributed by atoms with van der Waals surface area (Å²) in [6.45, 7) is 2.15. The second-order valence-corrected chi connectivity index (χ2v) is 3.13. The number of hydrogen-bond donors (Lipinski definition) is 0. The lowest BCUT2D eigenvalue weighted by Crippen LogP contribution is -1.79. The first-order valence-corrected chi connectivity index (χ1v) is 5.30. The van der Waals surface area contributed by atoms with Gasteiger partial charge in [0.15, 0.2) is 0 Å². The highest BCUT2D eigenvalue weighted by Gasteiger charge is 1.94. The highest BCUT2D eigenvalue weighted by atomic mass is 32.2. The van der Waals surface area contributed by atoms with E-state index in [0.29, 0.717) is 0 Å². The monoisotopic (exact) mass is 179 g/mol. The van der Waals surface area contributed by atoms with Crippen LogP contribution in [0.15, 0.2) is 29.3 Å². The Morgan fingerprint density at radius 1 is 1.42 bits per heavy atom. The zero-order chi connectivity index (χ0) is 8.81. The smallest absolute Gasteiger partial charge is 0.0667 e. The summed E-state index contributed by atoms with van der Waals surface area (Å²) in [7, 11) is 0. The molecule has 0 atom stereocenters. The molecule has 0 aliphatic carbocycles. The van der Waals surface area contributed by atoms with Crippen LogP contribution in [0.4, 0.5) is 5.69 Å². The standard InChI is InChI=1S/C10H13NS/c1-3-9-6-4-5-7-10(9)11-8-12-2/h4-8H,3H2,1-2H3. The third-order valence-electron chi connectivity index (χ3n) is 1.67. The number of aryl methyl sites for hydroxylation is 1. The molecule has 12 heavy (non-hydrogen) atoms. The van der Waals surface area contributed by atoms with Crippen LogP contribution in [0.2, 0.25) is 0 Å². The third-order valence-corrected chi connectivity index (χ3v) is 1.99.